The van der Waals surface area contributed by atoms with E-state index < -0.39 is 10.7 Å². The Morgan fingerprint density at radius 1 is 1.27 bits per heavy atom. The van der Waals surface area contributed by atoms with Crippen molar-refractivity contribution >= 4 is 45.5 Å². The molecule has 82 valence electrons. The van der Waals surface area contributed by atoms with Crippen molar-refractivity contribution in [3.05, 3.63) is 22.2 Å². The van der Waals surface area contributed by atoms with Gasteiger partial charge in [0.15, 0.2) is 10.7 Å². The molecule has 0 fully saturated rings. The largest absolute Gasteiger partial charge is 0.324 e. The van der Waals surface area contributed by atoms with Gasteiger partial charge in [-0.05, 0) is 12.1 Å². The minimum atomic E-state index is -2.74. The number of nitrogens with one attached hydrogen (secondary N) is 1. The third-order valence-electron chi connectivity index (χ3n) is 1.54. The van der Waals surface area contributed by atoms with Crippen LogP contribution in [0.25, 0.3) is 0 Å². The molecule has 1 rings (SSSR count). The van der Waals surface area contributed by atoms with E-state index in [4.69, 9.17) is 23.2 Å². The van der Waals surface area contributed by atoms with Crippen LogP contribution in [-0.2, 0) is 15.5 Å². The van der Waals surface area contributed by atoms with Crippen molar-refractivity contribution in [2.45, 2.75) is 11.8 Å². The molecular formula is C8H7Cl2NO3S. The number of halogens is 2. The van der Waals surface area contributed by atoms with E-state index in [1.54, 1.807) is 0 Å². The number of thiol groups is 1. The lowest BCUT2D eigenvalue weighted by atomic mass is 10.3. The third-order valence-corrected chi connectivity index (χ3v) is 2.81. The molecule has 7 heteroatoms. The first-order valence-corrected chi connectivity index (χ1v) is 5.76. The molecule has 0 spiro atoms. The fourth-order valence-electron chi connectivity index (χ4n) is 0.961. The number of hydrogen-bond donors (Lipinski definition) is 2. The third kappa shape index (κ3) is 3.09. The second kappa shape index (κ2) is 4.83. The summed E-state index contributed by atoms with van der Waals surface area (Å²) < 4.78 is 21.3. The first-order valence-electron chi connectivity index (χ1n) is 3.83. The quantitative estimate of drug-likeness (QED) is 0.805. The summed E-state index contributed by atoms with van der Waals surface area (Å²) in [6.07, 6.45) is 0. The summed E-state index contributed by atoms with van der Waals surface area (Å²) in [5, 5.41) is 2.59. The maximum absolute atomic E-state index is 10.8. The van der Waals surface area contributed by atoms with Crippen LogP contribution in [0.4, 0.5) is 5.69 Å². The highest BCUT2D eigenvalue weighted by Crippen LogP contribution is 2.32. The van der Waals surface area contributed by atoms with Gasteiger partial charge in [-0.2, -0.15) is 0 Å². The van der Waals surface area contributed by atoms with Crippen molar-refractivity contribution < 1.29 is 13.2 Å². The summed E-state index contributed by atoms with van der Waals surface area (Å²) in [5.74, 6) is -0.335. The molecule has 0 unspecified atom stereocenters. The van der Waals surface area contributed by atoms with Crippen LogP contribution in [0.1, 0.15) is 6.92 Å². The Bertz CT molecular complexity index is 454. The minimum Gasteiger partial charge on any atom is -0.324 e. The van der Waals surface area contributed by atoms with Gasteiger partial charge in [-0.15, -0.1) is 0 Å². The van der Waals surface area contributed by atoms with E-state index in [0.717, 1.165) is 0 Å². The number of benzene rings is 1. The van der Waals surface area contributed by atoms with Crippen molar-refractivity contribution in [2.24, 2.45) is 0 Å². The molecule has 0 saturated carbocycles. The average molecular weight is 268 g/mol. The van der Waals surface area contributed by atoms with Crippen LogP contribution in [-0.4, -0.2) is 14.3 Å². The Kier molecular flexibility index (Phi) is 3.96. The van der Waals surface area contributed by atoms with Gasteiger partial charge in [0.2, 0.25) is 5.91 Å². The molecule has 0 aromatic heterocycles. The lowest BCUT2D eigenvalue weighted by Crippen LogP contribution is -2.07. The van der Waals surface area contributed by atoms with Gasteiger partial charge in [-0.3, -0.25) is 4.79 Å². The second-order valence-electron chi connectivity index (χ2n) is 2.72. The molecule has 0 saturated heterocycles. The van der Waals surface area contributed by atoms with Crippen molar-refractivity contribution in [2.75, 3.05) is 5.32 Å². The van der Waals surface area contributed by atoms with E-state index in [2.05, 4.69) is 5.32 Å². The maximum Gasteiger partial charge on any atom is 0.221 e. The molecule has 0 aliphatic carbocycles. The minimum absolute atomic E-state index is 0.00843. The Labute approximate surface area is 98.1 Å². The van der Waals surface area contributed by atoms with E-state index in [1.807, 2.05) is 0 Å². The van der Waals surface area contributed by atoms with E-state index in [0.29, 0.717) is 0 Å². The Hall–Kier alpha value is -0.780. The van der Waals surface area contributed by atoms with Crippen molar-refractivity contribution in [1.82, 2.24) is 0 Å². The Balaban J connectivity index is 3.27. The number of rotatable bonds is 2. The number of amides is 1. The SMILES string of the molecule is CC(=O)Nc1c(Cl)cc([SH](=O)=O)cc1Cl. The molecule has 1 amide bonds. The molecule has 1 aromatic carbocycles. The fourth-order valence-corrected chi connectivity index (χ4v) is 2.16. The lowest BCUT2D eigenvalue weighted by molar-refractivity contribution is -0.114. The van der Waals surface area contributed by atoms with E-state index >= 15 is 0 Å². The zero-order valence-electron chi connectivity index (χ0n) is 7.58. The molecule has 1 aromatic rings. The van der Waals surface area contributed by atoms with Gasteiger partial charge in [-0.1, -0.05) is 23.2 Å². The summed E-state index contributed by atoms with van der Waals surface area (Å²) in [7, 11) is -2.74. The molecule has 0 bridgehead atoms. The van der Waals surface area contributed by atoms with Crippen molar-refractivity contribution in [1.29, 1.82) is 0 Å². The number of hydrogen-bond acceptors (Lipinski definition) is 3. The predicted molar refractivity (Wildman–Crippen MR) is 59.3 cm³/mol. The van der Waals surface area contributed by atoms with Crippen LogP contribution in [0.15, 0.2) is 17.0 Å². The zero-order valence-corrected chi connectivity index (χ0v) is 9.99. The van der Waals surface area contributed by atoms with E-state index in [9.17, 15) is 13.2 Å². The average Bonchev–Trinajstić information content (AvgIpc) is 2.10. The highest BCUT2D eigenvalue weighted by Gasteiger charge is 2.10. The highest BCUT2D eigenvalue weighted by molar-refractivity contribution is 7.72. The van der Waals surface area contributed by atoms with E-state index in [1.165, 1.54) is 19.1 Å². The van der Waals surface area contributed by atoms with Crippen LogP contribution >= 0.6 is 23.2 Å². The number of carbonyl (C=O) groups excluding carboxylic acids is 1. The van der Waals surface area contributed by atoms with Gasteiger partial charge in [-0.25, -0.2) is 8.42 Å². The number of anilines is 1. The summed E-state index contributed by atoms with van der Waals surface area (Å²) in [4.78, 5) is 10.8. The summed E-state index contributed by atoms with van der Waals surface area (Å²) in [6, 6.07) is 2.45. The molecule has 1 N–H and O–H groups in total. The van der Waals surface area contributed by atoms with Crippen LogP contribution in [0.2, 0.25) is 10.0 Å². The molecule has 4 nitrogen and oxygen atoms in total. The van der Waals surface area contributed by atoms with Crippen molar-refractivity contribution in [3.63, 3.8) is 0 Å². The smallest absolute Gasteiger partial charge is 0.221 e. The van der Waals surface area contributed by atoms with Crippen LogP contribution in [0.5, 0.6) is 0 Å². The first-order chi connectivity index (χ1) is 6.91. The molecular weight excluding hydrogens is 261 g/mol. The van der Waals surface area contributed by atoms with Gasteiger partial charge < -0.3 is 5.32 Å². The summed E-state index contributed by atoms with van der Waals surface area (Å²) in [5.41, 5.74) is 0.214. The monoisotopic (exact) mass is 267 g/mol. The highest BCUT2D eigenvalue weighted by atomic mass is 35.5. The zero-order chi connectivity index (χ0) is 11.6. The first kappa shape index (κ1) is 12.3. The van der Waals surface area contributed by atoms with Gasteiger partial charge >= 0.3 is 0 Å². The predicted octanol–water partition coefficient (Wildman–Crippen LogP) is 1.92. The molecule has 0 aliphatic heterocycles. The number of carbonyl (C=O) groups is 1. The van der Waals surface area contributed by atoms with Crippen LogP contribution < -0.4 is 5.32 Å². The maximum atomic E-state index is 10.8. The normalized spacial score (nSPS) is 10.4. The summed E-state index contributed by atoms with van der Waals surface area (Å²) in [6.45, 7) is 1.30. The van der Waals surface area contributed by atoms with Crippen LogP contribution in [0.3, 0.4) is 0 Å². The Morgan fingerprint density at radius 2 is 1.73 bits per heavy atom. The Morgan fingerprint density at radius 3 is 2.07 bits per heavy atom. The van der Waals surface area contributed by atoms with Gasteiger partial charge in [0.25, 0.3) is 0 Å². The summed E-state index contributed by atoms with van der Waals surface area (Å²) >= 11 is 11.5. The topological polar surface area (TPSA) is 63.2 Å². The molecule has 0 atom stereocenters. The second-order valence-corrected chi connectivity index (χ2v) is 4.57. The lowest BCUT2D eigenvalue weighted by Gasteiger charge is -2.07. The van der Waals surface area contributed by atoms with Gasteiger partial charge in [0.05, 0.1) is 20.6 Å². The fraction of sp³-hybridized carbons (Fsp3) is 0.125. The van der Waals surface area contributed by atoms with Crippen molar-refractivity contribution in [3.8, 4) is 0 Å². The molecule has 0 heterocycles. The molecule has 0 aliphatic rings. The van der Waals surface area contributed by atoms with Gasteiger partial charge in [0, 0.05) is 6.92 Å². The van der Waals surface area contributed by atoms with E-state index in [-0.39, 0.29) is 26.5 Å². The standard InChI is InChI=1S/C8H7Cl2NO3S/c1-4(12)11-8-6(9)2-5(15(13)14)3-7(8)10/h2-3,15H,1H3,(H,11,12). The van der Waals surface area contributed by atoms with Gasteiger partial charge in [0.1, 0.15) is 0 Å². The molecule has 0 radical (unpaired) electrons. The molecule has 15 heavy (non-hydrogen) atoms. The van der Waals surface area contributed by atoms with Crippen LogP contribution in [0, 0.1) is 0 Å².